The van der Waals surface area contributed by atoms with E-state index in [1.165, 1.54) is 24.3 Å². The van der Waals surface area contributed by atoms with Crippen molar-refractivity contribution >= 4 is 22.8 Å². The van der Waals surface area contributed by atoms with Gasteiger partial charge in [0.25, 0.3) is 0 Å². The molecule has 128 valence electrons. The molecule has 0 aliphatic heterocycles. The van der Waals surface area contributed by atoms with Crippen molar-refractivity contribution < 1.29 is 15.3 Å². The van der Waals surface area contributed by atoms with E-state index in [1.54, 1.807) is 7.05 Å². The number of nitrogens with one attached hydrogen (secondary N) is 1. The number of fused-ring (bicyclic) bond motifs is 1. The number of likely N-dealkylation sites (N-methyl/N-ethyl adjacent to an activating group) is 1. The number of nitroso groups, excluding NO2 is 1. The van der Waals surface area contributed by atoms with Crippen molar-refractivity contribution in [3.63, 3.8) is 0 Å². The minimum atomic E-state index is -0.694. The fraction of sp³-hybridized carbons (Fsp3) is 0.118. The highest BCUT2D eigenvalue weighted by atomic mass is 32.1. The van der Waals surface area contributed by atoms with Gasteiger partial charge < -0.3 is 20.6 Å². The summed E-state index contributed by atoms with van der Waals surface area (Å²) < 4.78 is 0. The number of phenolic OH excluding ortho intramolecular Hbond substituents is 1. The van der Waals surface area contributed by atoms with E-state index in [-0.39, 0.29) is 27.6 Å². The first-order valence-corrected chi connectivity index (χ1v) is 8.12. The van der Waals surface area contributed by atoms with Gasteiger partial charge in [-0.25, -0.2) is 0 Å². The van der Waals surface area contributed by atoms with Crippen molar-refractivity contribution in [2.75, 3.05) is 7.05 Å². The lowest BCUT2D eigenvalue weighted by Crippen LogP contribution is -2.11. The van der Waals surface area contributed by atoms with E-state index in [9.17, 15) is 25.0 Å². The van der Waals surface area contributed by atoms with Gasteiger partial charge in [0.15, 0.2) is 5.75 Å². The van der Waals surface area contributed by atoms with Gasteiger partial charge in [0, 0.05) is 30.1 Å². The first kappa shape index (κ1) is 16.7. The standard InChI is InChI=1S/C17H14N2O5S/c1-18-9-3-5-13-14(12(21)7-9)15(22)16(23)17(25-13)8-2-4-10(19-24)11(20)6-8/h2-4,6-7,18,20-21,23H,5H2,1H3. The van der Waals surface area contributed by atoms with E-state index < -0.39 is 11.2 Å². The van der Waals surface area contributed by atoms with Crippen molar-refractivity contribution in [2.45, 2.75) is 6.42 Å². The van der Waals surface area contributed by atoms with E-state index in [1.807, 2.05) is 6.08 Å². The van der Waals surface area contributed by atoms with E-state index >= 15 is 0 Å². The second-order valence-corrected chi connectivity index (χ2v) is 6.45. The molecule has 25 heavy (non-hydrogen) atoms. The van der Waals surface area contributed by atoms with Gasteiger partial charge in [-0.15, -0.1) is 16.2 Å². The van der Waals surface area contributed by atoms with Crippen LogP contribution in [0.3, 0.4) is 0 Å². The van der Waals surface area contributed by atoms with E-state index in [2.05, 4.69) is 10.5 Å². The Balaban J connectivity index is 2.22. The molecule has 1 aliphatic rings. The number of benzene rings is 1. The average molecular weight is 358 g/mol. The topological polar surface area (TPSA) is 119 Å². The van der Waals surface area contributed by atoms with Crippen molar-refractivity contribution in [1.82, 2.24) is 5.32 Å². The zero-order valence-corrected chi connectivity index (χ0v) is 13.9. The molecule has 0 amide bonds. The van der Waals surface area contributed by atoms with Gasteiger partial charge >= 0.3 is 0 Å². The molecule has 1 heterocycles. The minimum absolute atomic E-state index is 0.0585. The van der Waals surface area contributed by atoms with Crippen LogP contribution in [-0.4, -0.2) is 22.4 Å². The van der Waals surface area contributed by atoms with Crippen molar-refractivity contribution in [2.24, 2.45) is 5.18 Å². The second-order valence-electron chi connectivity index (χ2n) is 5.35. The summed E-state index contributed by atoms with van der Waals surface area (Å²) in [5, 5.41) is 35.9. The van der Waals surface area contributed by atoms with Gasteiger partial charge in [0.2, 0.25) is 5.43 Å². The zero-order valence-electron chi connectivity index (χ0n) is 13.1. The molecular formula is C17H14N2O5S. The smallest absolute Gasteiger partial charge is 0.233 e. The lowest BCUT2D eigenvalue weighted by Gasteiger charge is -2.10. The highest BCUT2D eigenvalue weighted by Gasteiger charge is 2.22. The van der Waals surface area contributed by atoms with Crippen molar-refractivity contribution in [1.29, 1.82) is 0 Å². The summed E-state index contributed by atoms with van der Waals surface area (Å²) >= 11 is 1.13. The summed E-state index contributed by atoms with van der Waals surface area (Å²) in [6, 6.07) is 4.04. The molecule has 1 aliphatic carbocycles. The molecule has 0 bridgehead atoms. The Hall–Kier alpha value is -3.13. The van der Waals surface area contributed by atoms with Gasteiger partial charge in [-0.1, -0.05) is 12.1 Å². The monoisotopic (exact) mass is 358 g/mol. The largest absolute Gasteiger partial charge is 0.507 e. The molecule has 0 spiro atoms. The average Bonchev–Trinajstić information content (AvgIpc) is 2.76. The van der Waals surface area contributed by atoms with E-state index in [0.29, 0.717) is 22.6 Å². The third-order valence-corrected chi connectivity index (χ3v) is 5.09. The molecule has 0 radical (unpaired) electrons. The van der Waals surface area contributed by atoms with Crippen LogP contribution in [0.25, 0.3) is 16.2 Å². The highest BCUT2D eigenvalue weighted by molar-refractivity contribution is 7.15. The van der Waals surface area contributed by atoms with Crippen molar-refractivity contribution in [3.8, 4) is 21.9 Å². The normalized spacial score (nSPS) is 13.3. The SMILES string of the molecule is CNC1=CCc2sc(-c3ccc(N=O)c(O)c3)c(O)c(=O)c2C(O)=C1. The number of allylic oxidation sites excluding steroid dienone is 2. The fourth-order valence-electron chi connectivity index (χ4n) is 2.57. The van der Waals surface area contributed by atoms with Crippen LogP contribution in [0, 0.1) is 4.91 Å². The van der Waals surface area contributed by atoms with Gasteiger partial charge in [-0.3, -0.25) is 4.79 Å². The number of aromatic hydroxyl groups is 2. The molecule has 0 saturated carbocycles. The fourth-order valence-corrected chi connectivity index (χ4v) is 3.71. The summed E-state index contributed by atoms with van der Waals surface area (Å²) in [7, 11) is 1.70. The quantitative estimate of drug-likeness (QED) is 0.626. The Labute approximate surface area is 146 Å². The third-order valence-electron chi connectivity index (χ3n) is 3.84. The maximum absolute atomic E-state index is 12.6. The van der Waals surface area contributed by atoms with Crippen LogP contribution in [0.1, 0.15) is 10.4 Å². The first-order valence-electron chi connectivity index (χ1n) is 7.31. The summed E-state index contributed by atoms with van der Waals surface area (Å²) in [5.74, 6) is -1.09. The van der Waals surface area contributed by atoms with Crippen molar-refractivity contribution in [3.05, 3.63) is 61.6 Å². The summed E-state index contributed by atoms with van der Waals surface area (Å²) in [4.78, 5) is 23.9. The Morgan fingerprint density at radius 3 is 2.64 bits per heavy atom. The van der Waals surface area contributed by atoms with E-state index in [0.717, 1.165) is 11.3 Å². The van der Waals surface area contributed by atoms with Crippen LogP contribution in [0.2, 0.25) is 0 Å². The number of nitrogens with zero attached hydrogens (tertiary/aromatic N) is 1. The Kier molecular flexibility index (Phi) is 4.28. The Bertz CT molecular complexity index is 991. The van der Waals surface area contributed by atoms with Crippen LogP contribution >= 0.6 is 11.3 Å². The van der Waals surface area contributed by atoms with Crippen LogP contribution in [0.5, 0.6) is 11.5 Å². The highest BCUT2D eigenvalue weighted by Crippen LogP contribution is 2.39. The molecular weight excluding hydrogens is 344 g/mol. The van der Waals surface area contributed by atoms with Gasteiger partial charge in [-0.2, -0.15) is 0 Å². The number of hydrogen-bond acceptors (Lipinski definition) is 8. The first-order chi connectivity index (χ1) is 12.0. The number of aliphatic hydroxyl groups is 1. The molecule has 7 nitrogen and oxygen atoms in total. The number of phenols is 1. The Morgan fingerprint density at radius 2 is 2.00 bits per heavy atom. The molecule has 1 aromatic heterocycles. The number of rotatable bonds is 3. The Morgan fingerprint density at radius 1 is 1.24 bits per heavy atom. The lowest BCUT2D eigenvalue weighted by atomic mass is 10.1. The van der Waals surface area contributed by atoms with Gasteiger partial charge in [-0.05, 0) is 22.9 Å². The maximum Gasteiger partial charge on any atom is 0.233 e. The zero-order chi connectivity index (χ0) is 18.1. The molecule has 0 saturated heterocycles. The molecule has 0 unspecified atom stereocenters. The number of hydrogen-bond donors (Lipinski definition) is 4. The van der Waals surface area contributed by atoms with E-state index in [4.69, 9.17) is 0 Å². The minimum Gasteiger partial charge on any atom is -0.507 e. The molecule has 1 aromatic carbocycles. The molecule has 0 atom stereocenters. The predicted molar refractivity (Wildman–Crippen MR) is 96.3 cm³/mol. The van der Waals surface area contributed by atoms with Crippen LogP contribution in [0.4, 0.5) is 5.69 Å². The molecule has 2 aromatic rings. The maximum atomic E-state index is 12.6. The van der Waals surface area contributed by atoms with Crippen LogP contribution in [-0.2, 0) is 6.42 Å². The lowest BCUT2D eigenvalue weighted by molar-refractivity contribution is 0.470. The molecule has 4 N–H and O–H groups in total. The van der Waals surface area contributed by atoms with Gasteiger partial charge in [0.05, 0.1) is 10.4 Å². The molecule has 0 fully saturated rings. The van der Waals surface area contributed by atoms with Crippen LogP contribution in [0.15, 0.2) is 46.0 Å². The molecule has 8 heteroatoms. The molecule has 3 rings (SSSR count). The summed E-state index contributed by atoms with van der Waals surface area (Å²) in [5.41, 5.74) is 0.259. The predicted octanol–water partition coefficient (Wildman–Crippen LogP) is 3.14. The number of aliphatic hydroxyl groups excluding tert-OH is 1. The second kappa shape index (κ2) is 6.40. The van der Waals surface area contributed by atoms with Gasteiger partial charge in [0.1, 0.15) is 17.2 Å². The third kappa shape index (κ3) is 2.87. The summed E-state index contributed by atoms with van der Waals surface area (Å²) in [6.45, 7) is 0. The summed E-state index contributed by atoms with van der Waals surface area (Å²) in [6.07, 6.45) is 3.63. The van der Waals surface area contributed by atoms with Crippen LogP contribution < -0.4 is 10.7 Å².